The summed E-state index contributed by atoms with van der Waals surface area (Å²) < 4.78 is 11.2. The van der Waals surface area contributed by atoms with Gasteiger partial charge in [-0.3, -0.25) is 4.79 Å². The largest absolute Gasteiger partial charge is 0.492 e. The molecular formula is C18H26N2O3. The quantitative estimate of drug-likeness (QED) is 0.807. The van der Waals surface area contributed by atoms with Gasteiger partial charge < -0.3 is 19.7 Å². The van der Waals surface area contributed by atoms with Gasteiger partial charge in [0.15, 0.2) is 5.78 Å². The number of morpholine rings is 1. The molecule has 5 nitrogen and oxygen atoms in total. The summed E-state index contributed by atoms with van der Waals surface area (Å²) >= 11 is 0. The second-order valence-corrected chi connectivity index (χ2v) is 6.81. The molecule has 0 spiro atoms. The molecule has 2 heterocycles. The van der Waals surface area contributed by atoms with Crippen LogP contribution < -0.4 is 10.1 Å². The number of hydrogen-bond donors (Lipinski definition) is 1. The van der Waals surface area contributed by atoms with Crippen LogP contribution in [0.5, 0.6) is 5.75 Å². The zero-order valence-corrected chi connectivity index (χ0v) is 14.0. The molecule has 0 amide bonds. The molecule has 2 saturated heterocycles. The van der Waals surface area contributed by atoms with E-state index < -0.39 is 0 Å². The highest BCUT2D eigenvalue weighted by molar-refractivity contribution is 5.98. The lowest BCUT2D eigenvalue weighted by Crippen LogP contribution is -2.55. The van der Waals surface area contributed by atoms with E-state index in [2.05, 4.69) is 10.2 Å². The fraction of sp³-hybridized carbons (Fsp3) is 0.611. The standard InChI is InChI=1S/C18H26N2O3/c1-20(2)7-8-23-17-5-3-13(4-6-17)18(21)14-9-15-11-22-12-16(10-14)19-15/h3-6,14-16,19H,7-12H2,1-2H3. The van der Waals surface area contributed by atoms with E-state index in [1.807, 2.05) is 38.4 Å². The van der Waals surface area contributed by atoms with Crippen LogP contribution in [0.1, 0.15) is 23.2 Å². The van der Waals surface area contributed by atoms with Crippen molar-refractivity contribution < 1.29 is 14.3 Å². The van der Waals surface area contributed by atoms with Crippen LogP contribution in [0, 0.1) is 5.92 Å². The molecule has 3 rings (SSSR count). The number of fused-ring (bicyclic) bond motifs is 2. The lowest BCUT2D eigenvalue weighted by atomic mass is 9.82. The zero-order chi connectivity index (χ0) is 16.2. The molecule has 0 aromatic heterocycles. The van der Waals surface area contributed by atoms with E-state index in [0.29, 0.717) is 18.7 Å². The summed E-state index contributed by atoms with van der Waals surface area (Å²) in [5.74, 6) is 1.18. The van der Waals surface area contributed by atoms with Crippen LogP contribution in [-0.2, 0) is 4.74 Å². The van der Waals surface area contributed by atoms with Gasteiger partial charge in [-0.05, 0) is 51.2 Å². The Kier molecular flexibility index (Phi) is 5.30. The number of benzene rings is 1. The maximum Gasteiger partial charge on any atom is 0.166 e. The molecule has 5 heteroatoms. The molecule has 0 radical (unpaired) electrons. The summed E-state index contributed by atoms with van der Waals surface area (Å²) in [5.41, 5.74) is 0.788. The number of ketones is 1. The van der Waals surface area contributed by atoms with Gasteiger partial charge in [-0.1, -0.05) is 0 Å². The van der Waals surface area contributed by atoms with E-state index in [1.54, 1.807) is 0 Å². The Morgan fingerprint density at radius 2 is 1.87 bits per heavy atom. The molecule has 2 atom stereocenters. The molecule has 2 aliphatic rings. The van der Waals surface area contributed by atoms with Gasteiger partial charge >= 0.3 is 0 Å². The first-order chi connectivity index (χ1) is 11.1. The third kappa shape index (κ3) is 4.31. The molecule has 2 aliphatic heterocycles. The van der Waals surface area contributed by atoms with E-state index >= 15 is 0 Å². The van der Waals surface area contributed by atoms with E-state index in [4.69, 9.17) is 9.47 Å². The number of ether oxygens (including phenoxy) is 2. The molecule has 1 aromatic rings. The van der Waals surface area contributed by atoms with Gasteiger partial charge in [0.05, 0.1) is 13.2 Å². The normalized spacial score (nSPS) is 27.0. The predicted octanol–water partition coefficient (Wildman–Crippen LogP) is 1.58. The fourth-order valence-electron chi connectivity index (χ4n) is 3.35. The highest BCUT2D eigenvalue weighted by atomic mass is 16.5. The third-order valence-corrected chi connectivity index (χ3v) is 4.56. The molecule has 0 saturated carbocycles. The van der Waals surface area contributed by atoms with Crippen LogP contribution in [0.15, 0.2) is 24.3 Å². The van der Waals surface area contributed by atoms with Gasteiger partial charge in [-0.25, -0.2) is 0 Å². The van der Waals surface area contributed by atoms with Crippen LogP contribution in [0.4, 0.5) is 0 Å². The van der Waals surface area contributed by atoms with E-state index in [9.17, 15) is 4.79 Å². The Labute approximate surface area is 137 Å². The number of carbonyl (C=O) groups excluding carboxylic acids is 1. The molecule has 1 aromatic carbocycles. The van der Waals surface area contributed by atoms with Crippen molar-refractivity contribution >= 4 is 5.78 Å². The minimum Gasteiger partial charge on any atom is -0.492 e. The van der Waals surface area contributed by atoms with Crippen molar-refractivity contribution in [2.45, 2.75) is 24.9 Å². The second kappa shape index (κ2) is 7.43. The number of piperidine rings is 1. The molecule has 2 unspecified atom stereocenters. The highest BCUT2D eigenvalue weighted by Gasteiger charge is 2.35. The Morgan fingerprint density at radius 3 is 2.48 bits per heavy atom. The molecule has 2 bridgehead atoms. The average Bonchev–Trinajstić information content (AvgIpc) is 2.54. The number of nitrogens with zero attached hydrogens (tertiary/aromatic N) is 1. The Hall–Kier alpha value is -1.43. The van der Waals surface area contributed by atoms with E-state index in [-0.39, 0.29) is 11.7 Å². The number of nitrogens with one attached hydrogen (secondary N) is 1. The van der Waals surface area contributed by atoms with E-state index in [1.165, 1.54) is 0 Å². The van der Waals surface area contributed by atoms with Crippen LogP contribution in [0.3, 0.4) is 0 Å². The minimum absolute atomic E-state index is 0.107. The average molecular weight is 318 g/mol. The Morgan fingerprint density at radius 1 is 1.22 bits per heavy atom. The summed E-state index contributed by atoms with van der Waals surface area (Å²) in [6.07, 6.45) is 1.74. The maximum absolute atomic E-state index is 12.7. The minimum atomic E-state index is 0.107. The van der Waals surface area contributed by atoms with Crippen molar-refractivity contribution in [1.82, 2.24) is 10.2 Å². The predicted molar refractivity (Wildman–Crippen MR) is 89.1 cm³/mol. The first-order valence-electron chi connectivity index (χ1n) is 8.37. The molecule has 2 fully saturated rings. The van der Waals surface area contributed by atoms with Gasteiger partial charge in [-0.15, -0.1) is 0 Å². The van der Waals surface area contributed by atoms with E-state index in [0.717, 1.165) is 43.9 Å². The number of carbonyl (C=O) groups is 1. The van der Waals surface area contributed by atoms with Crippen LogP contribution >= 0.6 is 0 Å². The topological polar surface area (TPSA) is 50.8 Å². The Balaban J connectivity index is 1.57. The number of Topliss-reactive ketones (excluding diaryl/α,β-unsaturated/α-hetero) is 1. The van der Waals surface area contributed by atoms with Gasteiger partial charge in [-0.2, -0.15) is 0 Å². The summed E-state index contributed by atoms with van der Waals surface area (Å²) in [6, 6.07) is 8.22. The van der Waals surface area contributed by atoms with Gasteiger partial charge in [0, 0.05) is 30.1 Å². The van der Waals surface area contributed by atoms with Crippen molar-refractivity contribution in [2.24, 2.45) is 5.92 Å². The van der Waals surface area contributed by atoms with Crippen LogP contribution in [-0.4, -0.2) is 63.2 Å². The van der Waals surface area contributed by atoms with Crippen molar-refractivity contribution in [2.75, 3.05) is 40.5 Å². The smallest absolute Gasteiger partial charge is 0.166 e. The molecular weight excluding hydrogens is 292 g/mol. The highest BCUT2D eigenvalue weighted by Crippen LogP contribution is 2.27. The monoisotopic (exact) mass is 318 g/mol. The second-order valence-electron chi connectivity index (χ2n) is 6.81. The number of likely N-dealkylation sites (N-methyl/N-ethyl adjacent to an activating group) is 1. The third-order valence-electron chi connectivity index (χ3n) is 4.56. The summed E-state index contributed by atoms with van der Waals surface area (Å²) in [4.78, 5) is 14.8. The summed E-state index contributed by atoms with van der Waals surface area (Å²) in [5, 5.41) is 3.53. The lowest BCUT2D eigenvalue weighted by molar-refractivity contribution is 0.00953. The summed E-state index contributed by atoms with van der Waals surface area (Å²) in [7, 11) is 4.04. The first kappa shape index (κ1) is 16.4. The SMILES string of the molecule is CN(C)CCOc1ccc(C(=O)C2CC3COCC(C2)N3)cc1. The first-order valence-corrected chi connectivity index (χ1v) is 8.37. The number of rotatable bonds is 6. The zero-order valence-electron chi connectivity index (χ0n) is 14.0. The maximum atomic E-state index is 12.7. The van der Waals surface area contributed by atoms with Gasteiger partial charge in [0.1, 0.15) is 12.4 Å². The molecule has 23 heavy (non-hydrogen) atoms. The van der Waals surface area contributed by atoms with Crippen molar-refractivity contribution in [3.8, 4) is 5.75 Å². The fourth-order valence-corrected chi connectivity index (χ4v) is 3.35. The van der Waals surface area contributed by atoms with Gasteiger partial charge in [0.2, 0.25) is 0 Å². The lowest BCUT2D eigenvalue weighted by Gasteiger charge is -2.39. The molecule has 126 valence electrons. The van der Waals surface area contributed by atoms with Crippen molar-refractivity contribution in [3.63, 3.8) is 0 Å². The van der Waals surface area contributed by atoms with Gasteiger partial charge in [0.25, 0.3) is 0 Å². The molecule has 1 N–H and O–H groups in total. The van der Waals surface area contributed by atoms with Crippen LogP contribution in [0.2, 0.25) is 0 Å². The summed E-state index contributed by atoms with van der Waals surface area (Å²) in [6.45, 7) is 2.97. The molecule has 0 aliphatic carbocycles. The van der Waals surface area contributed by atoms with Crippen molar-refractivity contribution in [1.29, 1.82) is 0 Å². The van der Waals surface area contributed by atoms with Crippen molar-refractivity contribution in [3.05, 3.63) is 29.8 Å². The number of hydrogen-bond acceptors (Lipinski definition) is 5. The Bertz CT molecular complexity index is 518. The van der Waals surface area contributed by atoms with Crippen LogP contribution in [0.25, 0.3) is 0 Å².